The third-order valence-corrected chi connectivity index (χ3v) is 12.7. The van der Waals surface area contributed by atoms with E-state index in [1.165, 1.54) is 0 Å². The Hall–Kier alpha value is -5.76. The average molecular weight is 887 g/mol. The molecule has 2 fully saturated rings. The Morgan fingerprint density at radius 3 is 1.11 bits per heavy atom. The molecule has 6 unspecified atom stereocenters. The van der Waals surface area contributed by atoms with Gasteiger partial charge in [-0.05, 0) is 46.5 Å². The number of pyridine rings is 2. The number of carboxylic acid groups (broad SMARTS) is 2. The second kappa shape index (κ2) is 21.9. The number of β-amino-alcohol motifs (C(OH)–C–C–N with tert-alkyl or cyclic N) is 4. The molecule has 2 saturated heterocycles. The van der Waals surface area contributed by atoms with E-state index in [1.54, 1.807) is 33.9 Å². The summed E-state index contributed by atoms with van der Waals surface area (Å²) < 4.78 is 3.23. The predicted octanol–water partition coefficient (Wildman–Crippen LogP) is 0.906. The Labute approximate surface area is 366 Å². The van der Waals surface area contributed by atoms with Gasteiger partial charge in [-0.25, -0.2) is 9.59 Å². The van der Waals surface area contributed by atoms with Gasteiger partial charge < -0.3 is 51.1 Å². The van der Waals surface area contributed by atoms with Gasteiger partial charge in [-0.1, -0.05) is 70.2 Å². The lowest BCUT2D eigenvalue weighted by Gasteiger charge is -2.17. The topological polar surface area (TPSA) is 228 Å². The van der Waals surface area contributed by atoms with E-state index < -0.39 is 60.3 Å². The third kappa shape index (κ3) is 13.4. The number of aliphatic carboxylic acids is 2. The zero-order chi connectivity index (χ0) is 44.2. The SMILES string of the molecule is O=C(C[n+]1ccc(C=Cc2ccc(N3CC(O)C(O)C3)cc2)cc1)NC(CSSCC(NC(=O)C[n+]1ccc(C=Cc2ccc(N3CC(O)C(O)C3)cc2)cc1)C(=O)O)C(=O)O. The van der Waals surface area contributed by atoms with Gasteiger partial charge in [0.1, 0.15) is 12.1 Å². The summed E-state index contributed by atoms with van der Waals surface area (Å²) in [5.41, 5.74) is 5.50. The summed E-state index contributed by atoms with van der Waals surface area (Å²) in [5.74, 6) is -3.59. The van der Waals surface area contributed by atoms with Crippen LogP contribution in [0.25, 0.3) is 24.3 Å². The van der Waals surface area contributed by atoms with Crippen molar-refractivity contribution >= 4 is 81.0 Å². The van der Waals surface area contributed by atoms with Crippen molar-refractivity contribution in [2.45, 2.75) is 49.6 Å². The smallest absolute Gasteiger partial charge is 0.327 e. The fraction of sp³-hybridized carbons (Fsp3) is 0.318. The van der Waals surface area contributed by atoms with Crippen molar-refractivity contribution < 1.29 is 59.0 Å². The fourth-order valence-corrected chi connectivity index (χ4v) is 9.01. The van der Waals surface area contributed by atoms with E-state index in [9.17, 15) is 49.8 Å². The van der Waals surface area contributed by atoms with E-state index in [0.717, 1.165) is 55.2 Å². The second-order valence-corrected chi connectivity index (χ2v) is 17.6. The van der Waals surface area contributed by atoms with Crippen molar-refractivity contribution in [3.63, 3.8) is 0 Å². The number of carboxylic acids is 2. The van der Waals surface area contributed by atoms with Crippen LogP contribution < -0.4 is 29.6 Å². The van der Waals surface area contributed by atoms with Gasteiger partial charge in [-0.2, -0.15) is 9.13 Å². The Balaban J connectivity index is 0.889. The van der Waals surface area contributed by atoms with Crippen LogP contribution in [0.5, 0.6) is 0 Å². The summed E-state index contributed by atoms with van der Waals surface area (Å²) in [6.07, 6.45) is 11.5. The largest absolute Gasteiger partial charge is 0.480 e. The van der Waals surface area contributed by atoms with Crippen LogP contribution >= 0.6 is 21.6 Å². The van der Waals surface area contributed by atoms with Crippen LogP contribution in [-0.4, -0.2) is 129 Å². The monoisotopic (exact) mass is 886 g/mol. The molecule has 2 aromatic carbocycles. The van der Waals surface area contributed by atoms with Gasteiger partial charge in [0, 0.05) is 73.3 Å². The Morgan fingerprint density at radius 2 is 0.823 bits per heavy atom. The number of rotatable bonds is 19. The predicted molar refractivity (Wildman–Crippen MR) is 237 cm³/mol. The number of benzene rings is 2. The number of carbonyl (C=O) groups excluding carboxylic acids is 2. The lowest BCUT2D eigenvalue weighted by atomic mass is 10.1. The lowest BCUT2D eigenvalue weighted by molar-refractivity contribution is -0.684. The summed E-state index contributed by atoms with van der Waals surface area (Å²) in [6.45, 7) is 1.28. The molecule has 326 valence electrons. The number of nitrogens with one attached hydrogen (secondary N) is 2. The van der Waals surface area contributed by atoms with Crippen LogP contribution in [0.15, 0.2) is 97.6 Å². The molecule has 4 heterocycles. The van der Waals surface area contributed by atoms with Gasteiger partial charge in [-0.15, -0.1) is 0 Å². The van der Waals surface area contributed by atoms with Crippen LogP contribution in [0.3, 0.4) is 0 Å². The van der Waals surface area contributed by atoms with Crippen molar-refractivity contribution in [3.05, 3.63) is 120 Å². The van der Waals surface area contributed by atoms with Gasteiger partial charge >= 0.3 is 11.9 Å². The van der Waals surface area contributed by atoms with E-state index in [1.807, 2.05) is 107 Å². The highest BCUT2D eigenvalue weighted by atomic mass is 33.1. The molecular weight excluding hydrogens is 837 g/mol. The molecule has 0 aliphatic carbocycles. The minimum atomic E-state index is -1.24. The first kappa shape index (κ1) is 45.8. The van der Waals surface area contributed by atoms with Gasteiger partial charge in [-0.3, -0.25) is 9.59 Å². The zero-order valence-electron chi connectivity index (χ0n) is 33.6. The number of anilines is 2. The maximum atomic E-state index is 12.8. The van der Waals surface area contributed by atoms with Crippen LogP contribution in [0.2, 0.25) is 0 Å². The molecule has 2 aromatic heterocycles. The van der Waals surface area contributed by atoms with Crippen LogP contribution in [-0.2, 0) is 32.3 Å². The molecule has 8 N–H and O–H groups in total. The van der Waals surface area contributed by atoms with E-state index in [2.05, 4.69) is 10.6 Å². The highest BCUT2D eigenvalue weighted by Gasteiger charge is 2.31. The molecule has 0 saturated carbocycles. The summed E-state index contributed by atoms with van der Waals surface area (Å²) in [4.78, 5) is 53.2. The van der Waals surface area contributed by atoms with Gasteiger partial charge in [0.05, 0.1) is 24.4 Å². The Kier molecular flexibility index (Phi) is 16.1. The summed E-state index contributed by atoms with van der Waals surface area (Å²) in [5, 5.41) is 63.7. The maximum Gasteiger partial charge on any atom is 0.327 e. The minimum absolute atomic E-state index is 0.0417. The third-order valence-electron chi connectivity index (χ3n) is 10.3. The van der Waals surface area contributed by atoms with Gasteiger partial charge in [0.15, 0.2) is 24.8 Å². The zero-order valence-corrected chi connectivity index (χ0v) is 35.2. The van der Waals surface area contributed by atoms with Crippen molar-refractivity contribution in [2.24, 2.45) is 0 Å². The first-order chi connectivity index (χ1) is 29.8. The minimum Gasteiger partial charge on any atom is -0.480 e. The van der Waals surface area contributed by atoms with Crippen molar-refractivity contribution in [2.75, 3.05) is 47.5 Å². The number of aliphatic hydroxyl groups is 4. The van der Waals surface area contributed by atoms with E-state index in [-0.39, 0.29) is 24.6 Å². The average Bonchev–Trinajstić information content (AvgIpc) is 3.78. The second-order valence-electron chi connectivity index (χ2n) is 15.0. The first-order valence-electron chi connectivity index (χ1n) is 19.8. The quantitative estimate of drug-likeness (QED) is 0.0372. The molecule has 0 bridgehead atoms. The highest BCUT2D eigenvalue weighted by Crippen LogP contribution is 2.25. The Morgan fingerprint density at radius 1 is 0.532 bits per heavy atom. The maximum absolute atomic E-state index is 12.8. The molecule has 0 spiro atoms. The molecule has 18 heteroatoms. The van der Waals surface area contributed by atoms with Crippen molar-refractivity contribution in [1.29, 1.82) is 0 Å². The number of hydrogen-bond acceptors (Lipinski definition) is 12. The molecule has 62 heavy (non-hydrogen) atoms. The standard InChI is InChI=1S/C44H48N6O10S2/c51-37-21-49(22-38(37)52)33-9-5-29(6-10-33)1-3-31-13-17-47(18-14-31)25-41(55)45-35(43(57)58)27-61-62-28-36(44(59)60)46-42(56)26-48-19-15-32(16-20-48)4-2-30-7-11-34(12-8-30)50-23-39(53)40(54)24-50/h1-20,35-40,51-54H,21-28H2,(H2-2,45,46,55,56,57,58,59,60)/p+2. The molecule has 6 rings (SSSR count). The first-order valence-corrected chi connectivity index (χ1v) is 22.3. The molecule has 4 aromatic rings. The van der Waals surface area contributed by atoms with E-state index in [0.29, 0.717) is 26.2 Å². The van der Waals surface area contributed by atoms with Gasteiger partial charge in [0.25, 0.3) is 11.8 Å². The van der Waals surface area contributed by atoms with Crippen molar-refractivity contribution in [3.8, 4) is 0 Å². The summed E-state index contributed by atoms with van der Waals surface area (Å²) in [7, 11) is 2.15. The molecular formula is C44H50N6O10S2+2. The summed E-state index contributed by atoms with van der Waals surface area (Å²) in [6, 6.07) is 20.3. The van der Waals surface area contributed by atoms with Crippen LogP contribution in [0, 0.1) is 0 Å². The molecule has 0 radical (unpaired) electrons. The fourth-order valence-electron chi connectivity index (χ4n) is 6.70. The van der Waals surface area contributed by atoms with Gasteiger partial charge in [0.2, 0.25) is 13.1 Å². The van der Waals surface area contributed by atoms with Crippen molar-refractivity contribution in [1.82, 2.24) is 10.6 Å². The molecule has 6 atom stereocenters. The summed E-state index contributed by atoms with van der Waals surface area (Å²) >= 11 is 0. The van der Waals surface area contributed by atoms with E-state index >= 15 is 0 Å². The number of aliphatic hydroxyl groups excluding tert-OH is 4. The molecule has 2 aliphatic rings. The number of carbonyl (C=O) groups is 4. The molecule has 2 amide bonds. The number of hydrogen-bond donors (Lipinski definition) is 8. The number of nitrogens with zero attached hydrogens (tertiary/aromatic N) is 4. The normalized spacial score (nSPS) is 19.8. The molecule has 2 aliphatic heterocycles. The number of aromatic nitrogens is 2. The molecule has 16 nitrogen and oxygen atoms in total. The van der Waals surface area contributed by atoms with Crippen LogP contribution in [0.1, 0.15) is 22.3 Å². The highest BCUT2D eigenvalue weighted by molar-refractivity contribution is 8.76. The lowest BCUT2D eigenvalue weighted by Crippen LogP contribution is -2.49. The van der Waals surface area contributed by atoms with E-state index in [4.69, 9.17) is 0 Å². The van der Waals surface area contributed by atoms with Crippen LogP contribution in [0.4, 0.5) is 11.4 Å². The Bertz CT molecular complexity index is 2030. The number of amides is 2.